The number of anilines is 1. The summed E-state index contributed by atoms with van der Waals surface area (Å²) in [6.07, 6.45) is 0.922. The molecule has 0 spiro atoms. The molecule has 1 rings (SSSR count). The first-order valence-corrected chi connectivity index (χ1v) is 5.30. The van der Waals surface area contributed by atoms with Crippen LogP contribution in [0.4, 0.5) is 5.69 Å². The minimum Gasteiger partial charge on any atom is -0.481 e. The average Bonchev–Trinajstić information content (AvgIpc) is 2.24. The second-order valence-electron chi connectivity index (χ2n) is 3.82. The van der Waals surface area contributed by atoms with Crippen LogP contribution >= 0.6 is 0 Å². The number of benzene rings is 1. The molecular weight excluding hydrogens is 222 g/mol. The number of carboxylic acids is 2. The SMILES string of the molecule is Nc1cc(CCC(=O)O)ccc1CCC(=O)O. The first-order valence-electron chi connectivity index (χ1n) is 5.30. The predicted octanol–water partition coefficient (Wildman–Crippen LogP) is 1.30. The molecule has 0 bridgehead atoms. The van der Waals surface area contributed by atoms with Gasteiger partial charge >= 0.3 is 11.9 Å². The largest absolute Gasteiger partial charge is 0.481 e. The van der Waals surface area contributed by atoms with Crippen molar-refractivity contribution in [3.05, 3.63) is 29.3 Å². The summed E-state index contributed by atoms with van der Waals surface area (Å²) in [5, 5.41) is 17.1. The van der Waals surface area contributed by atoms with Crippen LogP contribution in [0, 0.1) is 0 Å². The van der Waals surface area contributed by atoms with Gasteiger partial charge in [-0.15, -0.1) is 0 Å². The zero-order valence-electron chi connectivity index (χ0n) is 9.35. The molecule has 1 aromatic carbocycles. The number of aryl methyl sites for hydroxylation is 2. The molecule has 0 aliphatic heterocycles. The molecule has 0 heterocycles. The van der Waals surface area contributed by atoms with E-state index in [0.717, 1.165) is 11.1 Å². The highest BCUT2D eigenvalue weighted by molar-refractivity contribution is 5.68. The fourth-order valence-electron chi connectivity index (χ4n) is 1.52. The lowest BCUT2D eigenvalue weighted by Crippen LogP contribution is -2.02. The van der Waals surface area contributed by atoms with Crippen molar-refractivity contribution in [2.75, 3.05) is 5.73 Å². The Morgan fingerprint density at radius 2 is 1.65 bits per heavy atom. The van der Waals surface area contributed by atoms with E-state index < -0.39 is 11.9 Å². The third-order valence-electron chi connectivity index (χ3n) is 2.45. The molecule has 0 aliphatic carbocycles. The molecule has 0 fully saturated rings. The Balaban J connectivity index is 2.65. The fourth-order valence-corrected chi connectivity index (χ4v) is 1.52. The van der Waals surface area contributed by atoms with Gasteiger partial charge in [-0.1, -0.05) is 12.1 Å². The van der Waals surface area contributed by atoms with Crippen molar-refractivity contribution < 1.29 is 19.8 Å². The maximum Gasteiger partial charge on any atom is 0.303 e. The summed E-state index contributed by atoms with van der Waals surface area (Å²) in [6, 6.07) is 5.26. The van der Waals surface area contributed by atoms with Gasteiger partial charge in [0.25, 0.3) is 0 Å². The van der Waals surface area contributed by atoms with Crippen molar-refractivity contribution in [1.82, 2.24) is 0 Å². The number of hydrogen-bond donors (Lipinski definition) is 3. The fraction of sp³-hybridized carbons (Fsp3) is 0.333. The minimum absolute atomic E-state index is 0.0403. The molecule has 1 aromatic rings. The molecule has 0 atom stereocenters. The molecule has 5 nitrogen and oxygen atoms in total. The van der Waals surface area contributed by atoms with Crippen LogP contribution in [-0.2, 0) is 22.4 Å². The van der Waals surface area contributed by atoms with Crippen molar-refractivity contribution in [2.45, 2.75) is 25.7 Å². The van der Waals surface area contributed by atoms with E-state index in [1.165, 1.54) is 0 Å². The first kappa shape index (κ1) is 13.0. The quantitative estimate of drug-likeness (QED) is 0.647. The van der Waals surface area contributed by atoms with Gasteiger partial charge in [0.15, 0.2) is 0 Å². The molecule has 0 saturated heterocycles. The maximum absolute atomic E-state index is 10.4. The lowest BCUT2D eigenvalue weighted by Gasteiger charge is -2.06. The Morgan fingerprint density at radius 3 is 2.18 bits per heavy atom. The van der Waals surface area contributed by atoms with E-state index in [4.69, 9.17) is 15.9 Å². The van der Waals surface area contributed by atoms with Gasteiger partial charge in [0.2, 0.25) is 0 Å². The van der Waals surface area contributed by atoms with Crippen LogP contribution in [0.25, 0.3) is 0 Å². The van der Waals surface area contributed by atoms with Gasteiger partial charge in [-0.2, -0.15) is 0 Å². The molecule has 4 N–H and O–H groups in total. The molecule has 17 heavy (non-hydrogen) atoms. The van der Waals surface area contributed by atoms with E-state index in [1.807, 2.05) is 0 Å². The van der Waals surface area contributed by atoms with Crippen LogP contribution < -0.4 is 5.73 Å². The molecule has 92 valence electrons. The Labute approximate surface area is 98.9 Å². The van der Waals surface area contributed by atoms with Crippen LogP contribution in [0.2, 0.25) is 0 Å². The smallest absolute Gasteiger partial charge is 0.303 e. The number of carbonyl (C=O) groups is 2. The average molecular weight is 237 g/mol. The van der Waals surface area contributed by atoms with Gasteiger partial charge in [-0.25, -0.2) is 0 Å². The Morgan fingerprint density at radius 1 is 1.06 bits per heavy atom. The molecule has 0 unspecified atom stereocenters. The third kappa shape index (κ3) is 4.55. The van der Waals surface area contributed by atoms with Crippen LogP contribution in [-0.4, -0.2) is 22.2 Å². The Bertz CT molecular complexity index is 429. The summed E-state index contributed by atoms with van der Waals surface area (Å²) in [7, 11) is 0. The van der Waals surface area contributed by atoms with Crippen LogP contribution in [0.1, 0.15) is 24.0 Å². The Kier molecular flexibility index (Phi) is 4.51. The second kappa shape index (κ2) is 5.89. The van der Waals surface area contributed by atoms with Gasteiger partial charge in [0.1, 0.15) is 0 Å². The molecule has 0 radical (unpaired) electrons. The number of carboxylic acid groups (broad SMARTS) is 2. The number of hydrogen-bond acceptors (Lipinski definition) is 3. The van der Waals surface area contributed by atoms with Crippen molar-refractivity contribution in [3.8, 4) is 0 Å². The van der Waals surface area contributed by atoms with Gasteiger partial charge in [-0.05, 0) is 30.0 Å². The number of rotatable bonds is 6. The monoisotopic (exact) mass is 237 g/mol. The molecule has 0 amide bonds. The minimum atomic E-state index is -0.862. The molecule has 0 aliphatic rings. The van der Waals surface area contributed by atoms with Gasteiger partial charge < -0.3 is 15.9 Å². The molecular formula is C12H15NO4. The van der Waals surface area contributed by atoms with Crippen LogP contribution in [0.15, 0.2) is 18.2 Å². The second-order valence-corrected chi connectivity index (χ2v) is 3.82. The van der Waals surface area contributed by atoms with Gasteiger partial charge in [0.05, 0.1) is 0 Å². The number of nitrogen functional groups attached to an aromatic ring is 1. The topological polar surface area (TPSA) is 101 Å². The summed E-state index contributed by atoms with van der Waals surface area (Å²) in [4.78, 5) is 20.8. The third-order valence-corrected chi connectivity index (χ3v) is 2.45. The summed E-state index contributed by atoms with van der Waals surface area (Å²) < 4.78 is 0. The highest BCUT2D eigenvalue weighted by Gasteiger charge is 2.05. The summed E-state index contributed by atoms with van der Waals surface area (Å²) in [6.45, 7) is 0. The number of nitrogens with two attached hydrogens (primary N) is 1. The van der Waals surface area contributed by atoms with Crippen molar-refractivity contribution in [1.29, 1.82) is 0 Å². The molecule has 0 aromatic heterocycles. The maximum atomic E-state index is 10.4. The van der Waals surface area contributed by atoms with E-state index in [9.17, 15) is 9.59 Å². The van der Waals surface area contributed by atoms with Crippen molar-refractivity contribution >= 4 is 17.6 Å². The van der Waals surface area contributed by atoms with E-state index >= 15 is 0 Å². The normalized spacial score (nSPS) is 10.1. The van der Waals surface area contributed by atoms with Crippen molar-refractivity contribution in [2.24, 2.45) is 0 Å². The Hall–Kier alpha value is -2.04. The highest BCUT2D eigenvalue weighted by atomic mass is 16.4. The lowest BCUT2D eigenvalue weighted by atomic mass is 10.0. The van der Waals surface area contributed by atoms with Crippen LogP contribution in [0.3, 0.4) is 0 Å². The van der Waals surface area contributed by atoms with Crippen molar-refractivity contribution in [3.63, 3.8) is 0 Å². The summed E-state index contributed by atoms with van der Waals surface area (Å²) in [5.41, 5.74) is 7.93. The van der Waals surface area contributed by atoms with E-state index in [2.05, 4.69) is 0 Å². The van der Waals surface area contributed by atoms with Gasteiger partial charge in [-0.3, -0.25) is 9.59 Å². The lowest BCUT2D eigenvalue weighted by molar-refractivity contribution is -0.138. The predicted molar refractivity (Wildman–Crippen MR) is 62.8 cm³/mol. The first-order chi connectivity index (χ1) is 7.99. The molecule has 0 saturated carbocycles. The summed E-state index contributed by atoms with van der Waals surface area (Å²) >= 11 is 0. The zero-order chi connectivity index (χ0) is 12.8. The zero-order valence-corrected chi connectivity index (χ0v) is 9.35. The van der Waals surface area contributed by atoms with E-state index in [0.29, 0.717) is 18.5 Å². The molecule has 5 heteroatoms. The summed E-state index contributed by atoms with van der Waals surface area (Å²) in [5.74, 6) is -1.71. The highest BCUT2D eigenvalue weighted by Crippen LogP contribution is 2.17. The van der Waals surface area contributed by atoms with E-state index in [1.54, 1.807) is 18.2 Å². The number of aliphatic carboxylic acids is 2. The standard InChI is InChI=1S/C12H15NO4/c13-10-7-8(2-5-11(14)15)1-3-9(10)4-6-12(16)17/h1,3,7H,2,4-6,13H2,(H,14,15)(H,16,17). The van der Waals surface area contributed by atoms with Gasteiger partial charge in [0, 0.05) is 18.5 Å². The van der Waals surface area contributed by atoms with E-state index in [-0.39, 0.29) is 12.8 Å². The van der Waals surface area contributed by atoms with Crippen LogP contribution in [0.5, 0.6) is 0 Å².